The van der Waals surface area contributed by atoms with Gasteiger partial charge in [0.05, 0.1) is 7.11 Å². The van der Waals surface area contributed by atoms with E-state index in [0.717, 1.165) is 0 Å². The van der Waals surface area contributed by atoms with Gasteiger partial charge in [0.2, 0.25) is 0 Å². The van der Waals surface area contributed by atoms with Crippen LogP contribution in [0.2, 0.25) is 0 Å². The minimum absolute atomic E-state index is 0.539. The molecule has 0 heterocycles. The Morgan fingerprint density at radius 3 is 2.92 bits per heavy atom. The lowest BCUT2D eigenvalue weighted by molar-refractivity contribution is 0.141. The topological polar surface area (TPSA) is 29.5 Å². The van der Waals surface area contributed by atoms with Gasteiger partial charge in [0, 0.05) is 0 Å². The maximum atomic E-state index is 12.0. The summed E-state index contributed by atoms with van der Waals surface area (Å²) in [5.74, 6) is 0.625. The lowest BCUT2D eigenvalue weighted by Gasteiger charge is -2.07. The Morgan fingerprint density at radius 2 is 2.33 bits per heavy atom. The second-order valence-corrected chi connectivity index (χ2v) is 2.45. The summed E-state index contributed by atoms with van der Waals surface area (Å²) in [5, 5.41) is 9.12. The lowest BCUT2D eigenvalue weighted by Crippen LogP contribution is -1.99. The average molecular weight is 170 g/mol. The molecule has 66 valence electrons. The Kier molecular flexibility index (Phi) is 3.05. The highest BCUT2D eigenvalue weighted by Gasteiger charge is 2.06. The molecule has 1 N–H and O–H groups in total. The summed E-state index contributed by atoms with van der Waals surface area (Å²) in [4.78, 5) is 0. The van der Waals surface area contributed by atoms with Crippen molar-refractivity contribution in [2.45, 2.75) is 6.10 Å². The fourth-order valence-electron chi connectivity index (χ4n) is 0.938. The third-order valence-corrected chi connectivity index (χ3v) is 1.62. The number of ether oxygens (including phenoxy) is 1. The minimum atomic E-state index is -1.04. The van der Waals surface area contributed by atoms with E-state index in [9.17, 15) is 4.39 Å². The Labute approximate surface area is 70.6 Å². The van der Waals surface area contributed by atoms with Crippen LogP contribution in [0.15, 0.2) is 24.3 Å². The highest BCUT2D eigenvalue weighted by Crippen LogP contribution is 2.18. The highest BCUT2D eigenvalue weighted by molar-refractivity contribution is 5.29. The molecule has 1 rings (SSSR count). The quantitative estimate of drug-likeness (QED) is 0.748. The zero-order valence-electron chi connectivity index (χ0n) is 6.83. The average Bonchev–Trinajstić information content (AvgIpc) is 2.17. The van der Waals surface area contributed by atoms with Gasteiger partial charge in [-0.1, -0.05) is 12.1 Å². The molecule has 1 aromatic rings. The molecule has 1 aromatic carbocycles. The van der Waals surface area contributed by atoms with Gasteiger partial charge in [0.25, 0.3) is 0 Å². The maximum Gasteiger partial charge on any atom is 0.119 e. The summed E-state index contributed by atoms with van der Waals surface area (Å²) >= 11 is 0. The van der Waals surface area contributed by atoms with Crippen LogP contribution in [0.25, 0.3) is 0 Å². The molecule has 3 heteroatoms. The van der Waals surface area contributed by atoms with Crippen molar-refractivity contribution in [3.63, 3.8) is 0 Å². The SMILES string of the molecule is COc1cccc([C@H](O)CF)c1. The second kappa shape index (κ2) is 4.07. The van der Waals surface area contributed by atoms with E-state index in [1.807, 2.05) is 0 Å². The molecule has 12 heavy (non-hydrogen) atoms. The molecule has 0 saturated heterocycles. The van der Waals surface area contributed by atoms with E-state index in [1.165, 1.54) is 7.11 Å². The largest absolute Gasteiger partial charge is 0.497 e. The third-order valence-electron chi connectivity index (χ3n) is 1.62. The van der Waals surface area contributed by atoms with E-state index in [-0.39, 0.29) is 0 Å². The van der Waals surface area contributed by atoms with Gasteiger partial charge in [-0.2, -0.15) is 0 Å². The number of halogens is 1. The molecule has 0 bridgehead atoms. The van der Waals surface area contributed by atoms with Crippen molar-refractivity contribution in [2.24, 2.45) is 0 Å². The molecule has 0 aliphatic carbocycles. The lowest BCUT2D eigenvalue weighted by atomic mass is 10.1. The van der Waals surface area contributed by atoms with Gasteiger partial charge >= 0.3 is 0 Å². The summed E-state index contributed by atoms with van der Waals surface area (Å²) in [6.07, 6.45) is -1.04. The van der Waals surface area contributed by atoms with E-state index < -0.39 is 12.8 Å². The summed E-state index contributed by atoms with van der Waals surface area (Å²) in [7, 11) is 1.53. The molecular formula is C9H11FO2. The number of aliphatic hydroxyl groups is 1. The van der Waals surface area contributed by atoms with Crippen LogP contribution in [0, 0.1) is 0 Å². The first-order valence-corrected chi connectivity index (χ1v) is 3.66. The molecule has 0 fully saturated rings. The number of aliphatic hydroxyl groups excluding tert-OH is 1. The molecule has 0 spiro atoms. The zero-order chi connectivity index (χ0) is 8.97. The Balaban J connectivity index is 2.86. The number of rotatable bonds is 3. The van der Waals surface area contributed by atoms with Crippen molar-refractivity contribution >= 4 is 0 Å². The van der Waals surface area contributed by atoms with Crippen molar-refractivity contribution in [1.82, 2.24) is 0 Å². The van der Waals surface area contributed by atoms with Crippen LogP contribution in [0.3, 0.4) is 0 Å². The van der Waals surface area contributed by atoms with E-state index in [2.05, 4.69) is 0 Å². The van der Waals surface area contributed by atoms with Crippen LogP contribution in [0.5, 0.6) is 5.75 Å². The number of alkyl halides is 1. The van der Waals surface area contributed by atoms with Crippen LogP contribution >= 0.6 is 0 Å². The Morgan fingerprint density at radius 1 is 1.58 bits per heavy atom. The number of methoxy groups -OCH3 is 1. The van der Waals surface area contributed by atoms with Gasteiger partial charge in [0.1, 0.15) is 18.5 Å². The monoisotopic (exact) mass is 170 g/mol. The number of hydrogen-bond donors (Lipinski definition) is 1. The van der Waals surface area contributed by atoms with Crippen molar-refractivity contribution in [3.05, 3.63) is 29.8 Å². The zero-order valence-corrected chi connectivity index (χ0v) is 6.83. The first-order valence-electron chi connectivity index (χ1n) is 3.66. The molecule has 0 aromatic heterocycles. The third kappa shape index (κ3) is 1.95. The summed E-state index contributed by atoms with van der Waals surface area (Å²) < 4.78 is 16.9. The highest BCUT2D eigenvalue weighted by atomic mass is 19.1. The van der Waals surface area contributed by atoms with Gasteiger partial charge in [-0.05, 0) is 17.7 Å². The maximum absolute atomic E-state index is 12.0. The molecule has 1 atom stereocenters. The fourth-order valence-corrected chi connectivity index (χ4v) is 0.938. The number of hydrogen-bond acceptors (Lipinski definition) is 2. The Hall–Kier alpha value is -1.09. The van der Waals surface area contributed by atoms with Gasteiger partial charge in [-0.15, -0.1) is 0 Å². The van der Waals surface area contributed by atoms with Crippen LogP contribution in [-0.4, -0.2) is 18.9 Å². The van der Waals surface area contributed by atoms with Crippen LogP contribution in [0.1, 0.15) is 11.7 Å². The van der Waals surface area contributed by atoms with E-state index in [4.69, 9.17) is 9.84 Å². The molecule has 0 amide bonds. The minimum Gasteiger partial charge on any atom is -0.497 e. The van der Waals surface area contributed by atoms with Gasteiger partial charge in [-0.25, -0.2) is 4.39 Å². The fraction of sp³-hybridized carbons (Fsp3) is 0.333. The van der Waals surface area contributed by atoms with Crippen molar-refractivity contribution in [3.8, 4) is 5.75 Å². The molecule has 2 nitrogen and oxygen atoms in total. The summed E-state index contributed by atoms with van der Waals surface area (Å²) in [6.45, 7) is -0.771. The van der Waals surface area contributed by atoms with Crippen LogP contribution in [0.4, 0.5) is 4.39 Å². The summed E-state index contributed by atoms with van der Waals surface area (Å²) in [6, 6.07) is 6.73. The van der Waals surface area contributed by atoms with Gasteiger partial charge < -0.3 is 9.84 Å². The molecule has 0 saturated carbocycles. The number of benzene rings is 1. The van der Waals surface area contributed by atoms with E-state index in [0.29, 0.717) is 11.3 Å². The van der Waals surface area contributed by atoms with E-state index in [1.54, 1.807) is 24.3 Å². The van der Waals surface area contributed by atoms with Gasteiger partial charge in [0.15, 0.2) is 0 Å². The van der Waals surface area contributed by atoms with E-state index >= 15 is 0 Å². The Bertz CT molecular complexity index is 250. The predicted octanol–water partition coefficient (Wildman–Crippen LogP) is 1.70. The van der Waals surface area contributed by atoms with Crippen LogP contribution < -0.4 is 4.74 Å². The van der Waals surface area contributed by atoms with Crippen LogP contribution in [-0.2, 0) is 0 Å². The normalized spacial score (nSPS) is 12.6. The van der Waals surface area contributed by atoms with Crippen molar-refractivity contribution in [2.75, 3.05) is 13.8 Å². The standard InChI is InChI=1S/C9H11FO2/c1-12-8-4-2-3-7(5-8)9(11)6-10/h2-5,9,11H,6H2,1H3/t9-/m1/s1. The first-order chi connectivity index (χ1) is 5.77. The first kappa shape index (κ1) is 9.00. The molecule has 0 unspecified atom stereocenters. The summed E-state index contributed by atoms with van der Waals surface area (Å²) in [5.41, 5.74) is 0.539. The molecule has 0 radical (unpaired) electrons. The van der Waals surface area contributed by atoms with Crippen molar-refractivity contribution < 1.29 is 14.2 Å². The smallest absolute Gasteiger partial charge is 0.119 e. The molecule has 0 aliphatic rings. The molecular weight excluding hydrogens is 159 g/mol. The molecule has 0 aliphatic heterocycles. The second-order valence-electron chi connectivity index (χ2n) is 2.45. The predicted molar refractivity (Wildman–Crippen MR) is 43.9 cm³/mol. The van der Waals surface area contributed by atoms with Crippen molar-refractivity contribution in [1.29, 1.82) is 0 Å². The van der Waals surface area contributed by atoms with Gasteiger partial charge in [-0.3, -0.25) is 0 Å².